The number of hydrogen-bond acceptors (Lipinski definition) is 1. The molecule has 1 aliphatic carbocycles. The fourth-order valence-electron chi connectivity index (χ4n) is 0.809. The van der Waals surface area contributed by atoms with Crippen LogP contribution in [0.15, 0.2) is 11.8 Å². The van der Waals surface area contributed by atoms with Crippen molar-refractivity contribution in [2.75, 3.05) is 0 Å². The van der Waals surface area contributed by atoms with Gasteiger partial charge in [0.15, 0.2) is 0 Å². The van der Waals surface area contributed by atoms with Crippen LogP contribution in [0.1, 0.15) is 106 Å². The van der Waals surface area contributed by atoms with Gasteiger partial charge in [0.25, 0.3) is 0 Å². The van der Waals surface area contributed by atoms with Gasteiger partial charge in [-0.05, 0) is 19.3 Å². The first kappa shape index (κ1) is 28.5. The molecule has 0 atom stereocenters. The van der Waals surface area contributed by atoms with Gasteiger partial charge in [-0.3, -0.25) is 0 Å². The Hall–Kier alpha value is 0.339. The van der Waals surface area contributed by atoms with Crippen molar-refractivity contribution >= 4 is 23.9 Å². The van der Waals surface area contributed by atoms with E-state index in [0.717, 1.165) is 19.3 Å². The molecule has 0 bridgehead atoms. The molecule has 0 amide bonds. The molecule has 0 aliphatic heterocycles. The Kier molecular flexibility index (Phi) is 45.1. The molecule has 122 valence electrons. The summed E-state index contributed by atoms with van der Waals surface area (Å²) in [7, 11) is 0. The number of unbranched alkanes of at least 4 members (excludes halogenated alkanes) is 3. The second-order valence-electron chi connectivity index (χ2n) is 4.92. The number of allylic oxidation sites excluding steroid dienone is 2. The molecule has 0 saturated heterocycles. The van der Waals surface area contributed by atoms with E-state index in [9.17, 15) is 5.11 Å². The van der Waals surface area contributed by atoms with Crippen molar-refractivity contribution in [1.82, 2.24) is 0 Å². The standard InChI is InChI=1S/C6H10O.3C4H10.Sn/c7-6-4-2-1-3-5-6;3*1-3-4-2;/h4,7H,1-3,5H2;3*3-4H2,1-2H3;/p-1. The van der Waals surface area contributed by atoms with Crippen molar-refractivity contribution in [2.45, 2.75) is 106 Å². The van der Waals surface area contributed by atoms with E-state index in [-0.39, 0.29) is 23.9 Å². The third-order valence-corrected chi connectivity index (χ3v) is 2.75. The topological polar surface area (TPSA) is 23.1 Å². The monoisotopic (exact) mass is 391 g/mol. The summed E-state index contributed by atoms with van der Waals surface area (Å²) >= 11 is 0. The van der Waals surface area contributed by atoms with Crippen LogP contribution in [0.4, 0.5) is 0 Å². The second-order valence-corrected chi connectivity index (χ2v) is 4.92. The molecule has 0 N–H and O–H groups in total. The summed E-state index contributed by atoms with van der Waals surface area (Å²) < 4.78 is 0. The molecule has 2 heteroatoms. The van der Waals surface area contributed by atoms with Gasteiger partial charge < -0.3 is 5.11 Å². The summed E-state index contributed by atoms with van der Waals surface area (Å²) in [6, 6.07) is 0. The zero-order valence-corrected chi connectivity index (χ0v) is 17.9. The zero-order valence-electron chi connectivity index (χ0n) is 15.1. The van der Waals surface area contributed by atoms with E-state index < -0.39 is 0 Å². The first-order valence-corrected chi connectivity index (χ1v) is 8.50. The van der Waals surface area contributed by atoms with E-state index in [2.05, 4.69) is 41.5 Å². The summed E-state index contributed by atoms with van der Waals surface area (Å²) in [6.45, 7) is 13.1. The molecule has 0 saturated carbocycles. The summed E-state index contributed by atoms with van der Waals surface area (Å²) in [4.78, 5) is 0. The Morgan fingerprint density at radius 3 is 1.20 bits per heavy atom. The molecule has 0 aromatic rings. The van der Waals surface area contributed by atoms with Crippen LogP contribution < -0.4 is 5.11 Å². The molecule has 0 unspecified atom stereocenters. The third-order valence-electron chi connectivity index (χ3n) is 2.75. The van der Waals surface area contributed by atoms with Gasteiger partial charge in [-0.2, -0.15) is 0 Å². The normalized spacial score (nSPS) is 12.0. The summed E-state index contributed by atoms with van der Waals surface area (Å²) in [5.74, 6) is 0.339. The van der Waals surface area contributed by atoms with Crippen LogP contribution in [0.5, 0.6) is 0 Å². The van der Waals surface area contributed by atoms with Crippen LogP contribution in [-0.4, -0.2) is 23.9 Å². The van der Waals surface area contributed by atoms with Crippen molar-refractivity contribution in [2.24, 2.45) is 0 Å². The summed E-state index contributed by atoms with van der Waals surface area (Å²) in [5, 5.41) is 10.4. The minimum Gasteiger partial charge on any atom is -0.876 e. The van der Waals surface area contributed by atoms with Gasteiger partial charge >= 0.3 is 0 Å². The van der Waals surface area contributed by atoms with Crippen molar-refractivity contribution in [3.8, 4) is 0 Å². The van der Waals surface area contributed by atoms with Gasteiger partial charge in [-0.15, -0.1) is 5.76 Å². The molecule has 0 aromatic carbocycles. The fourth-order valence-corrected chi connectivity index (χ4v) is 0.809. The SMILES string of the molecule is CCCC.CCCC.CCCC.[O-]C1=CCCCC1.[Sn]. The molecular formula is C18H39OSn-. The Balaban J connectivity index is -0.0000000881. The minimum absolute atomic E-state index is 0. The molecule has 0 spiro atoms. The molecule has 1 nitrogen and oxygen atoms in total. The van der Waals surface area contributed by atoms with Crippen LogP contribution in [0.2, 0.25) is 0 Å². The summed E-state index contributed by atoms with van der Waals surface area (Å²) in [5.41, 5.74) is 0. The first-order valence-electron chi connectivity index (χ1n) is 8.50. The van der Waals surface area contributed by atoms with Crippen LogP contribution >= 0.6 is 0 Å². The van der Waals surface area contributed by atoms with Crippen LogP contribution in [-0.2, 0) is 0 Å². The van der Waals surface area contributed by atoms with Gasteiger partial charge in [-0.1, -0.05) is 92.6 Å². The quantitative estimate of drug-likeness (QED) is 0.555. The molecule has 0 aromatic heterocycles. The Bertz CT molecular complexity index is 140. The van der Waals surface area contributed by atoms with E-state index in [1.54, 1.807) is 6.08 Å². The van der Waals surface area contributed by atoms with Crippen molar-refractivity contribution in [3.05, 3.63) is 11.8 Å². The van der Waals surface area contributed by atoms with E-state index >= 15 is 0 Å². The van der Waals surface area contributed by atoms with E-state index in [1.165, 1.54) is 44.9 Å². The number of rotatable bonds is 3. The largest absolute Gasteiger partial charge is 0.876 e. The van der Waals surface area contributed by atoms with Gasteiger partial charge in [-0.25, -0.2) is 0 Å². The van der Waals surface area contributed by atoms with Crippen LogP contribution in [0, 0.1) is 0 Å². The molecule has 1 aliphatic rings. The second kappa shape index (κ2) is 31.6. The van der Waals surface area contributed by atoms with Crippen molar-refractivity contribution < 1.29 is 5.11 Å². The van der Waals surface area contributed by atoms with Gasteiger partial charge in [0.2, 0.25) is 0 Å². The van der Waals surface area contributed by atoms with E-state index in [1.807, 2.05) is 0 Å². The average molecular weight is 390 g/mol. The third kappa shape index (κ3) is 42.9. The predicted octanol–water partition coefficient (Wildman–Crippen LogP) is 5.84. The average Bonchev–Trinajstić information content (AvgIpc) is 2.48. The fraction of sp³-hybridized carbons (Fsp3) is 0.889. The van der Waals surface area contributed by atoms with Crippen LogP contribution in [0.3, 0.4) is 0 Å². The van der Waals surface area contributed by atoms with Crippen LogP contribution in [0.25, 0.3) is 0 Å². The number of hydrogen-bond donors (Lipinski definition) is 0. The molecule has 0 heterocycles. The van der Waals surface area contributed by atoms with E-state index in [0.29, 0.717) is 5.76 Å². The van der Waals surface area contributed by atoms with E-state index in [4.69, 9.17) is 0 Å². The molecule has 4 radical (unpaired) electrons. The molecule has 1 rings (SSSR count). The zero-order chi connectivity index (χ0) is 15.4. The van der Waals surface area contributed by atoms with Crippen molar-refractivity contribution in [1.29, 1.82) is 0 Å². The molecule has 20 heavy (non-hydrogen) atoms. The Labute approximate surface area is 146 Å². The Morgan fingerprint density at radius 2 is 1.10 bits per heavy atom. The van der Waals surface area contributed by atoms with Gasteiger partial charge in [0.05, 0.1) is 0 Å². The first-order chi connectivity index (χ1) is 9.14. The van der Waals surface area contributed by atoms with Crippen molar-refractivity contribution in [3.63, 3.8) is 0 Å². The minimum atomic E-state index is 0. The van der Waals surface area contributed by atoms with Gasteiger partial charge in [0.1, 0.15) is 0 Å². The predicted molar refractivity (Wildman–Crippen MR) is 94.1 cm³/mol. The maximum absolute atomic E-state index is 10.4. The maximum atomic E-state index is 10.4. The van der Waals surface area contributed by atoms with Gasteiger partial charge in [0, 0.05) is 23.9 Å². The molecular weight excluding hydrogens is 351 g/mol. The summed E-state index contributed by atoms with van der Waals surface area (Å²) in [6.07, 6.45) is 13.8. The molecule has 0 fully saturated rings. The maximum Gasteiger partial charge on any atom is 0 e. The Morgan fingerprint density at radius 1 is 0.750 bits per heavy atom. The smallest absolute Gasteiger partial charge is 0 e.